The molecule has 1 N–H and O–H groups in total. The standard InChI is InChI=1S/C26H32N4O3S/c1-20-4-8-22(9-5-20)15-29-19-27-14-25(29)16-28-18-26(31)30(23-10-6-21(2)7-11-23)17-24(28)12-13-34-33-32-3/h4-11,14,19,24H,12-13,15-18H2,1-3H3/p+1. The Hall–Kier alpha value is -2.65. The molecule has 180 valence electrons. The normalized spacial score (nSPS) is 16.9. The summed E-state index contributed by atoms with van der Waals surface area (Å²) in [5.74, 6) is 0.906. The minimum atomic E-state index is 0.126. The number of carbonyl (C=O) groups is 1. The number of nitrogens with zero attached hydrogens (tertiary/aromatic N) is 3. The van der Waals surface area contributed by atoms with Crippen LogP contribution in [0.1, 0.15) is 28.8 Å². The Morgan fingerprint density at radius 1 is 1.09 bits per heavy atom. The van der Waals surface area contributed by atoms with E-state index in [4.69, 9.17) is 9.22 Å². The van der Waals surface area contributed by atoms with Crippen molar-refractivity contribution in [3.63, 3.8) is 0 Å². The van der Waals surface area contributed by atoms with Crippen molar-refractivity contribution in [3.8, 4) is 0 Å². The number of aryl methyl sites for hydroxylation is 2. The molecule has 1 aliphatic rings. The second kappa shape index (κ2) is 11.7. The Kier molecular flexibility index (Phi) is 8.39. The van der Waals surface area contributed by atoms with Gasteiger partial charge in [-0.2, -0.15) is 4.33 Å². The number of imidazole rings is 1. The highest BCUT2D eigenvalue weighted by molar-refractivity contribution is 7.94. The number of aromatic nitrogens is 2. The highest BCUT2D eigenvalue weighted by atomic mass is 32.2. The van der Waals surface area contributed by atoms with Crippen molar-refractivity contribution in [2.75, 3.05) is 30.9 Å². The maximum absolute atomic E-state index is 13.2. The number of H-pyrrole nitrogens is 1. The molecule has 1 aliphatic heterocycles. The van der Waals surface area contributed by atoms with Crippen molar-refractivity contribution in [2.24, 2.45) is 0 Å². The van der Waals surface area contributed by atoms with E-state index in [0.29, 0.717) is 19.6 Å². The van der Waals surface area contributed by atoms with Gasteiger partial charge in [0.25, 0.3) is 0 Å². The fourth-order valence-electron chi connectivity index (χ4n) is 4.29. The van der Waals surface area contributed by atoms with Gasteiger partial charge >= 0.3 is 0 Å². The lowest BCUT2D eigenvalue weighted by Crippen LogP contribution is -2.57. The van der Waals surface area contributed by atoms with Gasteiger partial charge in [-0.1, -0.05) is 47.5 Å². The zero-order chi connectivity index (χ0) is 23.9. The van der Waals surface area contributed by atoms with Gasteiger partial charge in [0.05, 0.1) is 20.2 Å². The Labute approximate surface area is 205 Å². The fraction of sp³-hybridized carbons (Fsp3) is 0.385. The molecule has 1 amide bonds. The van der Waals surface area contributed by atoms with Gasteiger partial charge in [0.1, 0.15) is 12.7 Å². The zero-order valence-corrected chi connectivity index (χ0v) is 20.9. The largest absolute Gasteiger partial charge is 0.310 e. The molecule has 0 radical (unpaired) electrons. The number of aromatic amines is 1. The first kappa shape index (κ1) is 24.5. The number of hydrogen-bond donors (Lipinski definition) is 1. The molecule has 1 saturated heterocycles. The zero-order valence-electron chi connectivity index (χ0n) is 20.1. The third-order valence-corrected chi connectivity index (χ3v) is 6.87. The number of nitrogens with one attached hydrogen (secondary N) is 1. The van der Waals surface area contributed by atoms with E-state index in [1.54, 1.807) is 0 Å². The molecule has 7 nitrogen and oxygen atoms in total. The lowest BCUT2D eigenvalue weighted by Gasteiger charge is -2.40. The third kappa shape index (κ3) is 6.27. The Bertz CT molecular complexity index is 1070. The predicted octanol–water partition coefficient (Wildman–Crippen LogP) is 3.80. The first-order chi connectivity index (χ1) is 16.5. The van der Waals surface area contributed by atoms with Crippen LogP contribution in [-0.2, 0) is 27.1 Å². The summed E-state index contributed by atoms with van der Waals surface area (Å²) >= 11 is 1.30. The van der Waals surface area contributed by atoms with Gasteiger partial charge in [-0.15, -0.1) is 0 Å². The van der Waals surface area contributed by atoms with Crippen LogP contribution in [0, 0.1) is 13.8 Å². The number of rotatable bonds is 10. The van der Waals surface area contributed by atoms with Crippen LogP contribution in [0.15, 0.2) is 61.1 Å². The summed E-state index contributed by atoms with van der Waals surface area (Å²) in [4.78, 5) is 25.3. The third-order valence-electron chi connectivity index (χ3n) is 6.23. The van der Waals surface area contributed by atoms with Crippen LogP contribution in [0.25, 0.3) is 0 Å². The summed E-state index contributed by atoms with van der Waals surface area (Å²) < 4.78 is 7.24. The second-order valence-corrected chi connectivity index (χ2v) is 9.57. The smallest absolute Gasteiger partial charge is 0.242 e. The molecule has 1 atom stereocenters. The van der Waals surface area contributed by atoms with Gasteiger partial charge in [-0.25, -0.2) is 14.4 Å². The van der Waals surface area contributed by atoms with Crippen LogP contribution in [0.3, 0.4) is 0 Å². The number of carbonyl (C=O) groups excluding carboxylic acids is 1. The molecular formula is C26H33N4O3S+. The predicted molar refractivity (Wildman–Crippen MR) is 134 cm³/mol. The maximum atomic E-state index is 13.2. The lowest BCUT2D eigenvalue weighted by atomic mass is 10.1. The Morgan fingerprint density at radius 3 is 2.50 bits per heavy atom. The van der Waals surface area contributed by atoms with Crippen LogP contribution in [-0.4, -0.2) is 47.8 Å². The van der Waals surface area contributed by atoms with Crippen molar-refractivity contribution in [1.29, 1.82) is 0 Å². The number of benzene rings is 2. The number of hydrogen-bond acceptors (Lipinski definition) is 5. The Morgan fingerprint density at radius 2 is 1.79 bits per heavy atom. The fourth-order valence-corrected chi connectivity index (χ4v) is 4.82. The summed E-state index contributed by atoms with van der Waals surface area (Å²) in [5.41, 5.74) is 5.80. The summed E-state index contributed by atoms with van der Waals surface area (Å²) in [6, 6.07) is 17.0. The summed E-state index contributed by atoms with van der Waals surface area (Å²) in [6.07, 6.45) is 4.91. The average Bonchev–Trinajstić information content (AvgIpc) is 3.26. The molecule has 1 fully saturated rings. The van der Waals surface area contributed by atoms with Crippen molar-refractivity contribution in [1.82, 2.24) is 9.88 Å². The first-order valence-corrected chi connectivity index (χ1v) is 12.5. The van der Waals surface area contributed by atoms with E-state index in [2.05, 4.69) is 64.7 Å². The molecule has 3 aromatic rings. The van der Waals surface area contributed by atoms with Crippen LogP contribution in [0.5, 0.6) is 0 Å². The first-order valence-electron chi connectivity index (χ1n) is 11.6. The lowest BCUT2D eigenvalue weighted by molar-refractivity contribution is -0.695. The maximum Gasteiger partial charge on any atom is 0.242 e. The van der Waals surface area contributed by atoms with Crippen molar-refractivity contribution >= 4 is 23.6 Å². The van der Waals surface area contributed by atoms with Gasteiger partial charge < -0.3 is 4.90 Å². The quantitative estimate of drug-likeness (QED) is 0.157. The summed E-state index contributed by atoms with van der Waals surface area (Å²) in [6.45, 7) is 6.67. The molecule has 0 saturated carbocycles. The number of anilines is 1. The molecule has 8 heteroatoms. The van der Waals surface area contributed by atoms with E-state index >= 15 is 0 Å². The topological polar surface area (TPSA) is 61.7 Å². The van der Waals surface area contributed by atoms with Gasteiger partial charge in [0.2, 0.25) is 12.2 Å². The number of amides is 1. The second-order valence-electron chi connectivity index (χ2n) is 8.79. The van der Waals surface area contributed by atoms with E-state index in [1.807, 2.05) is 29.6 Å². The van der Waals surface area contributed by atoms with Crippen molar-refractivity contribution < 1.29 is 18.6 Å². The molecule has 4 rings (SSSR count). The van der Waals surface area contributed by atoms with E-state index in [0.717, 1.165) is 30.1 Å². The van der Waals surface area contributed by atoms with Crippen molar-refractivity contribution in [2.45, 2.75) is 39.4 Å². The van der Waals surface area contributed by atoms with Crippen LogP contribution >= 0.6 is 12.0 Å². The molecule has 0 bridgehead atoms. The van der Waals surface area contributed by atoms with Crippen LogP contribution in [0.2, 0.25) is 0 Å². The summed E-state index contributed by atoms with van der Waals surface area (Å²) in [7, 11) is 1.51. The van der Waals surface area contributed by atoms with E-state index < -0.39 is 0 Å². The van der Waals surface area contributed by atoms with Gasteiger partial charge in [0.15, 0.2) is 5.69 Å². The van der Waals surface area contributed by atoms with Gasteiger partial charge in [-0.3, -0.25) is 9.69 Å². The van der Waals surface area contributed by atoms with E-state index in [-0.39, 0.29) is 11.9 Å². The molecule has 1 unspecified atom stereocenters. The Balaban J connectivity index is 1.49. The van der Waals surface area contributed by atoms with Gasteiger partial charge in [0, 0.05) is 36.1 Å². The van der Waals surface area contributed by atoms with E-state index in [1.165, 1.54) is 35.8 Å². The number of piperazine rings is 1. The molecule has 2 aromatic carbocycles. The molecule has 2 heterocycles. The monoisotopic (exact) mass is 481 g/mol. The van der Waals surface area contributed by atoms with Crippen LogP contribution in [0.4, 0.5) is 5.69 Å². The SMILES string of the molecule is COOSCCC1CN(c2ccc(C)cc2)C(=O)CN1Cc1c[nH]c[n+]1Cc1ccc(C)cc1. The molecule has 0 spiro atoms. The highest BCUT2D eigenvalue weighted by Gasteiger charge is 2.34. The molecule has 1 aromatic heterocycles. The summed E-state index contributed by atoms with van der Waals surface area (Å²) in [5, 5.41) is 0. The van der Waals surface area contributed by atoms with Crippen molar-refractivity contribution in [3.05, 3.63) is 83.4 Å². The minimum Gasteiger partial charge on any atom is -0.310 e. The van der Waals surface area contributed by atoms with Crippen LogP contribution < -0.4 is 9.47 Å². The molecule has 0 aliphatic carbocycles. The molecule has 34 heavy (non-hydrogen) atoms. The average molecular weight is 482 g/mol. The highest BCUT2D eigenvalue weighted by Crippen LogP contribution is 2.24. The molecular weight excluding hydrogens is 448 g/mol. The van der Waals surface area contributed by atoms with Gasteiger partial charge in [-0.05, 0) is 38.0 Å². The van der Waals surface area contributed by atoms with E-state index in [9.17, 15) is 4.79 Å². The minimum absolute atomic E-state index is 0.126.